The summed E-state index contributed by atoms with van der Waals surface area (Å²) in [5, 5.41) is 10.6. The van der Waals surface area contributed by atoms with E-state index in [0.717, 1.165) is 22.6 Å². The Morgan fingerprint density at radius 2 is 1.64 bits per heavy atom. The van der Waals surface area contributed by atoms with E-state index < -0.39 is 65.9 Å². The Kier molecular flexibility index (Phi) is 8.81. The summed E-state index contributed by atoms with van der Waals surface area (Å²) < 4.78 is 0. The van der Waals surface area contributed by atoms with Crippen LogP contribution in [-0.4, -0.2) is 102 Å². The molecule has 1 aromatic rings. The van der Waals surface area contributed by atoms with E-state index in [4.69, 9.17) is 0 Å². The fourth-order valence-corrected chi connectivity index (χ4v) is 4.74. The molecule has 3 atom stereocenters. The molecule has 3 heterocycles. The Morgan fingerprint density at radius 1 is 0.923 bits per heavy atom. The summed E-state index contributed by atoms with van der Waals surface area (Å²) in [7, 11) is 0. The lowest BCUT2D eigenvalue weighted by atomic mass is 10.0. The minimum absolute atomic E-state index is 0.237. The average Bonchev–Trinajstić information content (AvgIpc) is 3.53. The first kappa shape index (κ1) is 27.6. The van der Waals surface area contributed by atoms with Crippen molar-refractivity contribution in [1.29, 1.82) is 0 Å². The molecule has 0 radical (unpaired) electrons. The lowest BCUT2D eigenvalue weighted by Gasteiger charge is -2.29. The molecule has 0 unspecified atom stereocenters. The van der Waals surface area contributed by atoms with Crippen LogP contribution < -0.4 is 21.3 Å². The lowest BCUT2D eigenvalue weighted by Crippen LogP contribution is -2.57. The van der Waals surface area contributed by atoms with E-state index >= 15 is 0 Å². The summed E-state index contributed by atoms with van der Waals surface area (Å²) in [5.41, 5.74) is 0.840. The van der Waals surface area contributed by atoms with Crippen molar-refractivity contribution in [3.63, 3.8) is 0 Å². The molecule has 4 N–H and O–H groups in total. The maximum Gasteiger partial charge on any atom is 0.254 e. The number of hydrogen-bond donors (Lipinski definition) is 4. The van der Waals surface area contributed by atoms with Crippen molar-refractivity contribution < 1.29 is 33.6 Å². The number of imide groups is 1. The lowest BCUT2D eigenvalue weighted by molar-refractivity contribution is -0.142. The van der Waals surface area contributed by atoms with Gasteiger partial charge >= 0.3 is 0 Å². The van der Waals surface area contributed by atoms with Crippen LogP contribution in [0.4, 0.5) is 0 Å². The molecule has 2 saturated heterocycles. The zero-order valence-corrected chi connectivity index (χ0v) is 21.2. The van der Waals surface area contributed by atoms with Crippen LogP contribution in [0, 0.1) is 0 Å². The quantitative estimate of drug-likeness (QED) is 0.285. The number of carbonyl (C=O) groups is 7. The number of carbonyl (C=O) groups excluding carboxylic acids is 7. The number of hydrogen-bond acceptors (Lipinski definition) is 8. The first-order valence-corrected chi connectivity index (χ1v) is 12.7. The number of fused-ring (bicyclic) bond motifs is 1. The zero-order chi connectivity index (χ0) is 27.9. The number of nitrogens with zero attached hydrogens (tertiary/aromatic N) is 2. The third kappa shape index (κ3) is 6.93. The highest BCUT2D eigenvalue weighted by Crippen LogP contribution is 2.20. The van der Waals surface area contributed by atoms with Crippen molar-refractivity contribution in [1.82, 2.24) is 31.1 Å². The topological polar surface area (TPSA) is 174 Å². The van der Waals surface area contributed by atoms with Crippen LogP contribution >= 0.6 is 0 Å². The highest BCUT2D eigenvalue weighted by atomic mass is 16.2. The van der Waals surface area contributed by atoms with Gasteiger partial charge in [0.05, 0.1) is 13.1 Å². The van der Waals surface area contributed by atoms with Gasteiger partial charge in [-0.1, -0.05) is 30.3 Å². The molecule has 0 saturated carbocycles. The number of rotatable bonds is 6. The molecule has 3 aliphatic heterocycles. The fraction of sp³-hybridized carbons (Fsp3) is 0.423. The first-order valence-electron chi connectivity index (χ1n) is 12.7. The number of ketones is 1. The van der Waals surface area contributed by atoms with Gasteiger partial charge in [0.15, 0.2) is 5.78 Å². The average molecular weight is 539 g/mol. The summed E-state index contributed by atoms with van der Waals surface area (Å²) in [5.74, 6) is -3.87. The number of benzene rings is 1. The van der Waals surface area contributed by atoms with E-state index in [1.54, 1.807) is 0 Å². The molecule has 0 aliphatic carbocycles. The van der Waals surface area contributed by atoms with Crippen molar-refractivity contribution in [3.8, 4) is 0 Å². The minimum Gasteiger partial charge on any atom is -0.352 e. The third-order valence-corrected chi connectivity index (χ3v) is 6.75. The largest absolute Gasteiger partial charge is 0.352 e. The molecule has 4 rings (SSSR count). The monoisotopic (exact) mass is 538 g/mol. The van der Waals surface area contributed by atoms with E-state index in [1.165, 1.54) is 4.90 Å². The van der Waals surface area contributed by atoms with Gasteiger partial charge in [0.2, 0.25) is 23.6 Å². The Bertz CT molecular complexity index is 1180. The molecular weight excluding hydrogens is 508 g/mol. The normalized spacial score (nSPS) is 24.5. The Balaban J connectivity index is 1.47. The van der Waals surface area contributed by atoms with Gasteiger partial charge in [0.25, 0.3) is 11.8 Å². The van der Waals surface area contributed by atoms with Gasteiger partial charge in [-0.05, 0) is 18.4 Å². The second-order valence-electron chi connectivity index (χ2n) is 9.53. The van der Waals surface area contributed by atoms with Crippen molar-refractivity contribution in [2.45, 2.75) is 37.4 Å². The Labute approximate surface area is 224 Å². The first-order chi connectivity index (χ1) is 18.7. The van der Waals surface area contributed by atoms with E-state index in [-0.39, 0.29) is 26.1 Å². The van der Waals surface area contributed by atoms with E-state index in [9.17, 15) is 33.6 Å². The van der Waals surface area contributed by atoms with Crippen LogP contribution in [-0.2, 0) is 40.0 Å². The van der Waals surface area contributed by atoms with Crippen LogP contribution in [0.25, 0.3) is 0 Å². The number of amides is 6. The summed E-state index contributed by atoms with van der Waals surface area (Å²) in [4.78, 5) is 90.3. The number of nitrogens with one attached hydrogen (secondary N) is 4. The van der Waals surface area contributed by atoms with Gasteiger partial charge in [0.1, 0.15) is 24.7 Å². The van der Waals surface area contributed by atoms with E-state index in [0.29, 0.717) is 19.4 Å². The summed E-state index contributed by atoms with van der Waals surface area (Å²) >= 11 is 0. The maximum atomic E-state index is 13.5. The van der Waals surface area contributed by atoms with Crippen LogP contribution in [0.2, 0.25) is 0 Å². The predicted molar refractivity (Wildman–Crippen MR) is 135 cm³/mol. The third-order valence-electron chi connectivity index (χ3n) is 6.75. The van der Waals surface area contributed by atoms with E-state index in [2.05, 4.69) is 21.3 Å². The summed E-state index contributed by atoms with van der Waals surface area (Å²) in [6, 6.07) is 6.28. The van der Waals surface area contributed by atoms with Gasteiger partial charge in [-0.25, -0.2) is 0 Å². The SMILES string of the molecule is O=C(CN1C(=O)C=CC1=O)NC[C@@H]1NC(=O)[C@@H]2CCCN2C(=O)[C@@H](Cc2ccccc2)NC(=O)CNCC1=O. The highest BCUT2D eigenvalue weighted by Gasteiger charge is 2.39. The van der Waals surface area contributed by atoms with Crippen LogP contribution in [0.1, 0.15) is 18.4 Å². The molecule has 2 fully saturated rings. The fourth-order valence-electron chi connectivity index (χ4n) is 4.74. The van der Waals surface area contributed by atoms with Crippen LogP contribution in [0.3, 0.4) is 0 Å². The molecule has 1 aromatic carbocycles. The Morgan fingerprint density at radius 3 is 2.36 bits per heavy atom. The van der Waals surface area contributed by atoms with Gasteiger partial charge in [0, 0.05) is 31.7 Å². The molecule has 0 aromatic heterocycles. The maximum absolute atomic E-state index is 13.5. The molecular formula is C26H30N6O7. The second kappa shape index (κ2) is 12.4. The van der Waals surface area contributed by atoms with Gasteiger partial charge in [-0.15, -0.1) is 0 Å². The highest BCUT2D eigenvalue weighted by molar-refractivity contribution is 6.14. The predicted octanol–water partition coefficient (Wildman–Crippen LogP) is -2.60. The molecule has 13 nitrogen and oxygen atoms in total. The van der Waals surface area contributed by atoms with Gasteiger partial charge in [-0.3, -0.25) is 38.5 Å². The summed E-state index contributed by atoms with van der Waals surface area (Å²) in [6.07, 6.45) is 3.28. The standard InChI is InChI=1S/C26H30N6O7/c33-20-13-27-14-21(34)29-17(11-16-5-2-1-3-6-16)26(39)31-10-4-7-19(31)25(38)30-18(20)12-28-22(35)15-32-23(36)8-9-24(32)37/h1-3,5-6,8-9,17-19,27H,4,7,10-15H2,(H,28,35)(H,29,34)(H,30,38)/t17-,18+,19+/m1/s1. The zero-order valence-electron chi connectivity index (χ0n) is 21.2. The molecule has 0 spiro atoms. The molecule has 13 heteroatoms. The Hall–Kier alpha value is -4.39. The molecule has 3 aliphatic rings. The molecule has 6 amide bonds. The van der Waals surface area contributed by atoms with Crippen LogP contribution in [0.5, 0.6) is 0 Å². The minimum atomic E-state index is -1.17. The van der Waals surface area contributed by atoms with Crippen molar-refractivity contribution >= 4 is 41.2 Å². The van der Waals surface area contributed by atoms with Crippen molar-refractivity contribution in [3.05, 3.63) is 48.0 Å². The molecule has 206 valence electrons. The molecule has 39 heavy (non-hydrogen) atoms. The van der Waals surface area contributed by atoms with Gasteiger partial charge < -0.3 is 26.2 Å². The smallest absolute Gasteiger partial charge is 0.254 e. The summed E-state index contributed by atoms with van der Waals surface area (Å²) in [6.45, 7) is -1.05. The van der Waals surface area contributed by atoms with Crippen molar-refractivity contribution in [2.24, 2.45) is 0 Å². The number of Topliss-reactive ketones (excluding diaryl/α,β-unsaturated/α-hetero) is 1. The van der Waals surface area contributed by atoms with E-state index in [1.807, 2.05) is 30.3 Å². The molecule has 0 bridgehead atoms. The van der Waals surface area contributed by atoms with Crippen LogP contribution in [0.15, 0.2) is 42.5 Å². The van der Waals surface area contributed by atoms with Crippen molar-refractivity contribution in [2.75, 3.05) is 32.7 Å². The van der Waals surface area contributed by atoms with Gasteiger partial charge in [-0.2, -0.15) is 0 Å². The second-order valence-corrected chi connectivity index (χ2v) is 9.53.